The topological polar surface area (TPSA) is 9.23 Å². The molecule has 1 fully saturated rings. The zero-order chi connectivity index (χ0) is 30.2. The molecule has 0 N–H and O–H groups in total. The van der Waals surface area contributed by atoms with Gasteiger partial charge in [0.25, 0.3) is 0 Å². The first-order chi connectivity index (χ1) is 20.3. The van der Waals surface area contributed by atoms with Crippen molar-refractivity contribution in [2.75, 3.05) is 6.61 Å². The van der Waals surface area contributed by atoms with Crippen molar-refractivity contribution in [1.29, 1.82) is 0 Å². The lowest BCUT2D eigenvalue weighted by Gasteiger charge is -2.30. The molecule has 0 atom stereocenters. The Balaban J connectivity index is 1.43. The molecule has 0 aliphatic heterocycles. The Kier molecular flexibility index (Phi) is 10.9. The second-order valence-corrected chi connectivity index (χ2v) is 10.8. The molecule has 224 valence electrons. The van der Waals surface area contributed by atoms with Crippen LogP contribution in [-0.2, 0) is 6.42 Å². The van der Waals surface area contributed by atoms with E-state index in [1.165, 1.54) is 36.4 Å². The predicted molar refractivity (Wildman–Crippen MR) is 155 cm³/mol. The Morgan fingerprint density at radius 2 is 1.24 bits per heavy atom. The van der Waals surface area contributed by atoms with E-state index in [2.05, 4.69) is 0 Å². The van der Waals surface area contributed by atoms with Crippen molar-refractivity contribution in [3.05, 3.63) is 111 Å². The second kappa shape index (κ2) is 14.6. The normalized spacial score (nSPS) is 17.4. The molecule has 3 aromatic carbocycles. The molecule has 42 heavy (non-hydrogen) atoms. The van der Waals surface area contributed by atoms with Gasteiger partial charge in [-0.2, -0.15) is 4.39 Å². The van der Waals surface area contributed by atoms with Crippen LogP contribution < -0.4 is 4.74 Å². The molecular weight excluding hydrogens is 550 g/mol. The first kappa shape index (κ1) is 31.5. The van der Waals surface area contributed by atoms with E-state index in [-0.39, 0.29) is 40.9 Å². The predicted octanol–water partition coefficient (Wildman–Crippen LogP) is 10.8. The van der Waals surface area contributed by atoms with Gasteiger partial charge in [0.1, 0.15) is 0 Å². The first-order valence-electron chi connectivity index (χ1n) is 14.6. The zero-order valence-electron chi connectivity index (χ0n) is 24.0. The van der Waals surface area contributed by atoms with Gasteiger partial charge in [0.15, 0.2) is 34.8 Å². The third-order valence-electron chi connectivity index (χ3n) is 8.03. The van der Waals surface area contributed by atoms with Crippen LogP contribution in [0.4, 0.5) is 26.3 Å². The molecule has 0 radical (unpaired) electrons. The summed E-state index contributed by atoms with van der Waals surface area (Å²) in [7, 11) is 0. The number of hydrogen-bond acceptors (Lipinski definition) is 1. The molecule has 3 aromatic rings. The summed E-state index contributed by atoms with van der Waals surface area (Å²) in [6.07, 6.45) is 10.8. The molecule has 1 nitrogen and oxygen atoms in total. The number of unbranched alkanes of at least 4 members (excludes halogenated alkanes) is 1. The van der Waals surface area contributed by atoms with Gasteiger partial charge in [-0.1, -0.05) is 61.9 Å². The van der Waals surface area contributed by atoms with E-state index in [1.54, 1.807) is 12.1 Å². The smallest absolute Gasteiger partial charge is 0.201 e. The van der Waals surface area contributed by atoms with Crippen molar-refractivity contribution in [1.82, 2.24) is 0 Å². The number of ether oxygens (including phenoxy) is 1. The Bertz CT molecular complexity index is 1440. The van der Waals surface area contributed by atoms with E-state index in [9.17, 15) is 17.6 Å². The van der Waals surface area contributed by atoms with Gasteiger partial charge in [0, 0.05) is 11.1 Å². The second-order valence-electron chi connectivity index (χ2n) is 10.8. The van der Waals surface area contributed by atoms with Crippen LogP contribution in [0.1, 0.15) is 98.4 Å². The van der Waals surface area contributed by atoms with Gasteiger partial charge in [0.2, 0.25) is 5.82 Å². The maximum Gasteiger partial charge on any atom is 0.201 e. The molecule has 0 unspecified atom stereocenters. The highest BCUT2D eigenvalue weighted by Crippen LogP contribution is 2.43. The van der Waals surface area contributed by atoms with Crippen molar-refractivity contribution in [2.24, 2.45) is 0 Å². The van der Waals surface area contributed by atoms with E-state index < -0.39 is 34.9 Å². The maximum atomic E-state index is 15.2. The van der Waals surface area contributed by atoms with Crippen LogP contribution in [0, 0.1) is 34.9 Å². The maximum absolute atomic E-state index is 15.2. The third-order valence-corrected chi connectivity index (χ3v) is 8.03. The van der Waals surface area contributed by atoms with Crippen LogP contribution in [0.2, 0.25) is 0 Å². The molecule has 7 heteroatoms. The van der Waals surface area contributed by atoms with Gasteiger partial charge in [0.05, 0.1) is 6.61 Å². The molecular formula is C35H36F6O. The molecule has 1 aliphatic carbocycles. The van der Waals surface area contributed by atoms with Gasteiger partial charge in [-0.15, -0.1) is 0 Å². The largest absolute Gasteiger partial charge is 0.490 e. The summed E-state index contributed by atoms with van der Waals surface area (Å²) >= 11 is 0. The van der Waals surface area contributed by atoms with Crippen molar-refractivity contribution < 1.29 is 31.1 Å². The quantitative estimate of drug-likeness (QED) is 0.0940. The van der Waals surface area contributed by atoms with E-state index in [4.69, 9.17) is 4.74 Å². The highest BCUT2D eigenvalue weighted by Gasteiger charge is 2.29. The summed E-state index contributed by atoms with van der Waals surface area (Å²) in [4.78, 5) is 0. The van der Waals surface area contributed by atoms with Crippen LogP contribution in [0.25, 0.3) is 12.2 Å². The number of rotatable bonds is 11. The number of benzene rings is 3. The number of hydrogen-bond donors (Lipinski definition) is 0. The lowest BCUT2D eigenvalue weighted by atomic mass is 9.75. The number of allylic oxidation sites excluding steroid dienone is 2. The van der Waals surface area contributed by atoms with Crippen molar-refractivity contribution >= 4 is 12.2 Å². The van der Waals surface area contributed by atoms with Crippen molar-refractivity contribution in [2.45, 2.75) is 77.0 Å². The highest BCUT2D eigenvalue weighted by atomic mass is 19.2. The fourth-order valence-corrected chi connectivity index (χ4v) is 5.55. The van der Waals surface area contributed by atoms with E-state index in [0.717, 1.165) is 6.42 Å². The van der Waals surface area contributed by atoms with E-state index in [0.29, 0.717) is 56.1 Å². The van der Waals surface area contributed by atoms with Crippen LogP contribution in [0.3, 0.4) is 0 Å². The molecule has 0 heterocycles. The Hall–Kier alpha value is -3.48. The fraction of sp³-hybridized carbons (Fsp3) is 0.371. The highest BCUT2D eigenvalue weighted by molar-refractivity contribution is 5.70. The molecule has 0 aromatic heterocycles. The van der Waals surface area contributed by atoms with Gasteiger partial charge in [-0.3, -0.25) is 0 Å². The monoisotopic (exact) mass is 586 g/mol. The first-order valence-corrected chi connectivity index (χ1v) is 14.6. The van der Waals surface area contributed by atoms with Gasteiger partial charge in [-0.25, -0.2) is 22.0 Å². The van der Waals surface area contributed by atoms with Crippen LogP contribution in [0.5, 0.6) is 5.75 Å². The summed E-state index contributed by atoms with van der Waals surface area (Å²) in [6, 6.07) is 8.84. The molecule has 1 saturated carbocycles. The SMILES string of the molecule is C/C=C/CCc1ccc(C2CCC(c3ccc(/C=C/c4ccc(OCCCC)c(F)c4F)c(F)c3F)CC2)c(F)c1F. The van der Waals surface area contributed by atoms with E-state index in [1.807, 2.05) is 26.0 Å². The molecule has 0 amide bonds. The van der Waals surface area contributed by atoms with Crippen LogP contribution >= 0.6 is 0 Å². The standard InChI is InChI=1S/C35H36F6O/c1-3-5-7-8-24-15-18-27(33(39)30(24)36)22-9-11-23(12-10-22)28-19-16-25(31(37)34(28)40)13-14-26-17-20-29(35(41)32(26)38)42-21-6-4-2/h3,5,13-20,22-23H,4,6-12,21H2,1-2H3/b5-3+,14-13+. The average molecular weight is 587 g/mol. The fourth-order valence-electron chi connectivity index (χ4n) is 5.55. The molecule has 0 spiro atoms. The number of aryl methyl sites for hydroxylation is 1. The van der Waals surface area contributed by atoms with Gasteiger partial charge < -0.3 is 4.74 Å². The van der Waals surface area contributed by atoms with Crippen LogP contribution in [0.15, 0.2) is 48.6 Å². The third kappa shape index (κ3) is 7.11. The summed E-state index contributed by atoms with van der Waals surface area (Å²) in [6.45, 7) is 4.09. The molecule has 0 bridgehead atoms. The lowest BCUT2D eigenvalue weighted by Crippen LogP contribution is -2.15. The Morgan fingerprint density at radius 3 is 1.83 bits per heavy atom. The molecule has 1 aliphatic rings. The van der Waals surface area contributed by atoms with Gasteiger partial charge >= 0.3 is 0 Å². The Labute approximate surface area is 243 Å². The van der Waals surface area contributed by atoms with Crippen molar-refractivity contribution in [3.8, 4) is 5.75 Å². The summed E-state index contributed by atoms with van der Waals surface area (Å²) in [5.74, 6) is -6.62. The molecule has 0 saturated heterocycles. The summed E-state index contributed by atoms with van der Waals surface area (Å²) in [5, 5.41) is 0. The Morgan fingerprint density at radius 1 is 0.690 bits per heavy atom. The average Bonchev–Trinajstić information content (AvgIpc) is 2.99. The minimum Gasteiger partial charge on any atom is -0.490 e. The molecule has 4 rings (SSSR count). The minimum atomic E-state index is -1.13. The van der Waals surface area contributed by atoms with E-state index >= 15 is 8.78 Å². The van der Waals surface area contributed by atoms with Crippen molar-refractivity contribution in [3.63, 3.8) is 0 Å². The minimum absolute atomic E-state index is 0.0971. The van der Waals surface area contributed by atoms with Gasteiger partial charge in [-0.05, 0) is 92.5 Å². The zero-order valence-corrected chi connectivity index (χ0v) is 24.0. The van der Waals surface area contributed by atoms with Crippen LogP contribution in [-0.4, -0.2) is 6.61 Å². The lowest BCUT2D eigenvalue weighted by molar-refractivity contribution is 0.288. The number of halogens is 6. The summed E-state index contributed by atoms with van der Waals surface area (Å²) < 4.78 is 93.9. The summed E-state index contributed by atoms with van der Waals surface area (Å²) in [5.41, 5.74) is 0.681.